The van der Waals surface area contributed by atoms with Gasteiger partial charge >= 0.3 is 0 Å². The molecule has 1 fully saturated rings. The molecule has 0 aromatic heterocycles. The third-order valence-corrected chi connectivity index (χ3v) is 2.15. The maximum atomic E-state index is 11.3. The zero-order valence-electron chi connectivity index (χ0n) is 6.68. The molecule has 1 rings (SSSR count). The Kier molecular flexibility index (Phi) is 3.77. The Labute approximate surface area is 84.8 Å². The first kappa shape index (κ1) is 9.76. The van der Waals surface area contributed by atoms with Crippen molar-refractivity contribution in [2.24, 2.45) is 0 Å². The van der Waals surface area contributed by atoms with E-state index in [0.717, 1.165) is 4.43 Å². The zero-order valence-corrected chi connectivity index (χ0v) is 8.83. The average Bonchev–Trinajstić information content (AvgIpc) is 2.16. The van der Waals surface area contributed by atoms with Gasteiger partial charge in [-0.2, -0.15) is 0 Å². The molecule has 0 atom stereocenters. The molecule has 1 aliphatic rings. The predicted molar refractivity (Wildman–Crippen MR) is 52.6 cm³/mol. The maximum absolute atomic E-state index is 11.3. The van der Waals surface area contributed by atoms with Crippen LogP contribution < -0.4 is 5.43 Å². The van der Waals surface area contributed by atoms with Crippen LogP contribution in [0.15, 0.2) is 0 Å². The Balaban J connectivity index is 2.54. The van der Waals surface area contributed by atoms with Gasteiger partial charge in [0.25, 0.3) is 0 Å². The molecule has 1 aliphatic heterocycles. The van der Waals surface area contributed by atoms with Crippen molar-refractivity contribution in [3.63, 3.8) is 0 Å². The highest BCUT2D eigenvalue weighted by Gasteiger charge is 2.19. The highest BCUT2D eigenvalue weighted by molar-refractivity contribution is 14.1. The molecule has 1 heterocycles. The van der Waals surface area contributed by atoms with Gasteiger partial charge in [-0.05, 0) is 6.42 Å². The number of carbonyl (C=O) groups excluding carboxylic acids is 2. The summed E-state index contributed by atoms with van der Waals surface area (Å²) in [5, 5.41) is 1.42. The van der Waals surface area contributed by atoms with Gasteiger partial charge in [-0.3, -0.25) is 20.0 Å². The molecule has 0 aliphatic carbocycles. The molecule has 0 unspecified atom stereocenters. The van der Waals surface area contributed by atoms with Crippen molar-refractivity contribution < 1.29 is 9.59 Å². The standard InChI is InChI=1S/C7H11IN2O2/c8-4-5-10-7(12)3-1-2-6(11)9-10/h1-5H2,(H,9,11). The van der Waals surface area contributed by atoms with Crippen molar-refractivity contribution in [2.75, 3.05) is 11.0 Å². The minimum Gasteiger partial charge on any atom is -0.273 e. The largest absolute Gasteiger partial charge is 0.273 e. The first-order chi connectivity index (χ1) is 5.74. The average molecular weight is 282 g/mol. The van der Waals surface area contributed by atoms with Crippen LogP contribution in [0.2, 0.25) is 0 Å². The van der Waals surface area contributed by atoms with Crippen LogP contribution in [0.5, 0.6) is 0 Å². The Morgan fingerprint density at radius 1 is 1.42 bits per heavy atom. The molecular formula is C7H11IN2O2. The number of hydrogen-bond acceptors (Lipinski definition) is 2. The molecule has 12 heavy (non-hydrogen) atoms. The van der Waals surface area contributed by atoms with Gasteiger partial charge in [-0.1, -0.05) is 22.6 Å². The topological polar surface area (TPSA) is 49.4 Å². The summed E-state index contributed by atoms with van der Waals surface area (Å²) in [6.07, 6.45) is 1.61. The molecule has 1 saturated heterocycles. The van der Waals surface area contributed by atoms with Crippen LogP contribution in [-0.2, 0) is 9.59 Å². The first-order valence-electron chi connectivity index (χ1n) is 3.90. The lowest BCUT2D eigenvalue weighted by atomic mass is 10.2. The van der Waals surface area contributed by atoms with Crippen LogP contribution in [0.25, 0.3) is 0 Å². The number of nitrogens with one attached hydrogen (secondary N) is 1. The highest BCUT2D eigenvalue weighted by Crippen LogP contribution is 2.05. The minimum absolute atomic E-state index is 0.0255. The Morgan fingerprint density at radius 2 is 2.17 bits per heavy atom. The van der Waals surface area contributed by atoms with Crippen LogP contribution in [-0.4, -0.2) is 27.8 Å². The van der Waals surface area contributed by atoms with Gasteiger partial charge in [0.2, 0.25) is 11.8 Å². The summed E-state index contributed by atoms with van der Waals surface area (Å²) < 4.78 is 0.837. The van der Waals surface area contributed by atoms with E-state index in [2.05, 4.69) is 28.0 Å². The normalized spacial score (nSPS) is 18.9. The van der Waals surface area contributed by atoms with E-state index in [4.69, 9.17) is 0 Å². The summed E-state index contributed by atoms with van der Waals surface area (Å²) in [7, 11) is 0. The van der Waals surface area contributed by atoms with Crippen molar-refractivity contribution in [1.82, 2.24) is 10.4 Å². The van der Waals surface area contributed by atoms with E-state index >= 15 is 0 Å². The van der Waals surface area contributed by atoms with E-state index in [1.807, 2.05) is 0 Å². The van der Waals surface area contributed by atoms with Gasteiger partial charge in [0.05, 0.1) is 6.54 Å². The second-order valence-electron chi connectivity index (χ2n) is 2.62. The van der Waals surface area contributed by atoms with Crippen LogP contribution in [0.3, 0.4) is 0 Å². The van der Waals surface area contributed by atoms with Crippen LogP contribution >= 0.6 is 22.6 Å². The van der Waals surface area contributed by atoms with Crippen molar-refractivity contribution in [2.45, 2.75) is 19.3 Å². The molecule has 0 bridgehead atoms. The quantitative estimate of drug-likeness (QED) is 0.591. The van der Waals surface area contributed by atoms with Crippen LogP contribution in [0.1, 0.15) is 19.3 Å². The lowest BCUT2D eigenvalue weighted by Crippen LogP contribution is -2.45. The number of hydrazine groups is 1. The Bertz CT molecular complexity index is 196. The summed E-state index contributed by atoms with van der Waals surface area (Å²) in [5.41, 5.74) is 2.57. The molecule has 2 amide bonds. The molecule has 0 aromatic rings. The maximum Gasteiger partial charge on any atom is 0.241 e. The fraction of sp³-hybridized carbons (Fsp3) is 0.714. The van der Waals surface area contributed by atoms with Gasteiger partial charge in [-0.15, -0.1) is 0 Å². The molecule has 0 spiro atoms. The number of halogens is 1. The number of hydrogen-bond donors (Lipinski definition) is 1. The number of amides is 2. The highest BCUT2D eigenvalue weighted by atomic mass is 127. The molecule has 5 heteroatoms. The SMILES string of the molecule is O=C1CCCC(=O)N(CCI)N1. The predicted octanol–water partition coefficient (Wildman–Crippen LogP) is 0.465. The summed E-state index contributed by atoms with van der Waals surface area (Å²) in [4.78, 5) is 22.3. The fourth-order valence-electron chi connectivity index (χ4n) is 1.07. The molecule has 0 radical (unpaired) electrons. The second kappa shape index (κ2) is 4.64. The van der Waals surface area contributed by atoms with E-state index in [1.165, 1.54) is 5.01 Å². The second-order valence-corrected chi connectivity index (χ2v) is 3.70. The van der Waals surface area contributed by atoms with Crippen molar-refractivity contribution >= 4 is 34.4 Å². The molecule has 0 aromatic carbocycles. The third-order valence-electron chi connectivity index (χ3n) is 1.66. The Morgan fingerprint density at radius 3 is 2.83 bits per heavy atom. The summed E-state index contributed by atoms with van der Waals surface area (Å²) in [6, 6.07) is 0. The van der Waals surface area contributed by atoms with Gasteiger partial charge < -0.3 is 0 Å². The van der Waals surface area contributed by atoms with E-state index < -0.39 is 0 Å². The van der Waals surface area contributed by atoms with E-state index in [0.29, 0.717) is 25.8 Å². The first-order valence-corrected chi connectivity index (χ1v) is 5.42. The summed E-state index contributed by atoms with van der Waals surface area (Å²) >= 11 is 2.17. The monoisotopic (exact) mass is 282 g/mol. The minimum atomic E-state index is -0.0503. The van der Waals surface area contributed by atoms with Gasteiger partial charge in [0.1, 0.15) is 0 Å². The van der Waals surface area contributed by atoms with Crippen molar-refractivity contribution in [3.8, 4) is 0 Å². The number of alkyl halides is 1. The molecule has 0 saturated carbocycles. The molecular weight excluding hydrogens is 271 g/mol. The number of rotatable bonds is 2. The fourth-order valence-corrected chi connectivity index (χ4v) is 1.55. The number of carbonyl (C=O) groups is 2. The van der Waals surface area contributed by atoms with Crippen molar-refractivity contribution in [3.05, 3.63) is 0 Å². The summed E-state index contributed by atoms with van der Waals surface area (Å²) in [6.45, 7) is 0.602. The van der Waals surface area contributed by atoms with E-state index in [1.54, 1.807) is 0 Å². The summed E-state index contributed by atoms with van der Waals surface area (Å²) in [5.74, 6) is -0.0248. The smallest absolute Gasteiger partial charge is 0.241 e. The molecule has 4 nitrogen and oxygen atoms in total. The van der Waals surface area contributed by atoms with Crippen LogP contribution in [0.4, 0.5) is 0 Å². The van der Waals surface area contributed by atoms with Gasteiger partial charge in [-0.25, -0.2) is 0 Å². The van der Waals surface area contributed by atoms with Gasteiger partial charge in [0.15, 0.2) is 0 Å². The molecule has 68 valence electrons. The van der Waals surface area contributed by atoms with Gasteiger partial charge in [0, 0.05) is 17.3 Å². The molecule has 1 N–H and O–H groups in total. The lowest BCUT2D eigenvalue weighted by Gasteiger charge is -2.19. The van der Waals surface area contributed by atoms with E-state index in [-0.39, 0.29) is 11.8 Å². The number of nitrogens with zero attached hydrogens (tertiary/aromatic N) is 1. The zero-order chi connectivity index (χ0) is 8.97. The lowest BCUT2D eigenvalue weighted by molar-refractivity contribution is -0.138. The third kappa shape index (κ3) is 2.62. The van der Waals surface area contributed by atoms with Crippen LogP contribution in [0, 0.1) is 0 Å². The van der Waals surface area contributed by atoms with E-state index in [9.17, 15) is 9.59 Å². The van der Waals surface area contributed by atoms with Crippen molar-refractivity contribution in [1.29, 1.82) is 0 Å². The Hall–Kier alpha value is -0.330.